The van der Waals surface area contributed by atoms with Crippen LogP contribution in [0.2, 0.25) is 0 Å². The molecule has 37 heavy (non-hydrogen) atoms. The van der Waals surface area contributed by atoms with E-state index < -0.39 is 24.5 Å². The maximum atomic E-state index is 13.0. The highest BCUT2D eigenvalue weighted by molar-refractivity contribution is 5.94. The van der Waals surface area contributed by atoms with Gasteiger partial charge in [-0.05, 0) is 36.2 Å². The summed E-state index contributed by atoms with van der Waals surface area (Å²) in [6, 6.07) is 15.0. The number of hydrogen-bond donors (Lipinski definition) is 2. The number of amides is 2. The second-order valence-electron chi connectivity index (χ2n) is 8.15. The lowest BCUT2D eigenvalue weighted by atomic mass is 10.2. The van der Waals surface area contributed by atoms with Gasteiger partial charge in [-0.2, -0.15) is 13.2 Å². The summed E-state index contributed by atoms with van der Waals surface area (Å²) in [6.07, 6.45) is -3.87. The van der Waals surface area contributed by atoms with Crippen molar-refractivity contribution in [2.45, 2.75) is 38.8 Å². The minimum atomic E-state index is -4.51. The Balaban J connectivity index is 1.83. The van der Waals surface area contributed by atoms with Gasteiger partial charge in [0.05, 0.1) is 31.5 Å². The summed E-state index contributed by atoms with van der Waals surface area (Å²) >= 11 is 0. The van der Waals surface area contributed by atoms with E-state index in [0.717, 1.165) is 5.56 Å². The molecule has 0 aliphatic heterocycles. The van der Waals surface area contributed by atoms with Crippen LogP contribution in [0, 0.1) is 0 Å². The number of alkyl halides is 3. The van der Waals surface area contributed by atoms with Crippen molar-refractivity contribution in [2.24, 2.45) is 0 Å². The number of nitrogens with zero attached hydrogens (tertiary/aromatic N) is 3. The van der Waals surface area contributed by atoms with Gasteiger partial charge in [0.15, 0.2) is 5.69 Å². The Kier molecular flexibility index (Phi) is 9.75. The fourth-order valence-corrected chi connectivity index (χ4v) is 3.41. The van der Waals surface area contributed by atoms with E-state index in [-0.39, 0.29) is 30.5 Å². The van der Waals surface area contributed by atoms with E-state index in [1.807, 2.05) is 42.6 Å². The molecule has 2 amide bonds. The molecule has 1 atom stereocenters. The molecule has 1 heterocycles. The van der Waals surface area contributed by atoms with Gasteiger partial charge in [0.1, 0.15) is 12.2 Å². The molecule has 9 nitrogen and oxygen atoms in total. The first-order chi connectivity index (χ1) is 17.7. The molecular formula is C25H28F3N5O4. The van der Waals surface area contributed by atoms with E-state index >= 15 is 0 Å². The van der Waals surface area contributed by atoms with Crippen molar-refractivity contribution in [1.82, 2.24) is 25.6 Å². The minimum Gasteiger partial charge on any atom is -0.383 e. The molecular weight excluding hydrogens is 491 g/mol. The van der Waals surface area contributed by atoms with Crippen molar-refractivity contribution in [3.63, 3.8) is 0 Å². The summed E-state index contributed by atoms with van der Waals surface area (Å²) < 4.78 is 49.6. The van der Waals surface area contributed by atoms with Gasteiger partial charge in [-0.1, -0.05) is 42.5 Å². The first-order valence-electron chi connectivity index (χ1n) is 11.5. The molecule has 3 rings (SSSR count). The number of hydrogen-bond acceptors (Lipinski definition) is 6. The fraction of sp³-hybridized carbons (Fsp3) is 0.360. The third-order valence-corrected chi connectivity index (χ3v) is 5.35. The molecule has 198 valence electrons. The number of halogens is 3. The number of benzene rings is 2. The molecule has 1 aromatic heterocycles. The van der Waals surface area contributed by atoms with E-state index in [1.165, 1.54) is 28.9 Å². The predicted molar refractivity (Wildman–Crippen MR) is 128 cm³/mol. The van der Waals surface area contributed by atoms with Crippen LogP contribution in [0.3, 0.4) is 0 Å². The van der Waals surface area contributed by atoms with Gasteiger partial charge in [-0.25, -0.2) is 4.68 Å². The zero-order valence-corrected chi connectivity index (χ0v) is 20.4. The molecule has 0 aliphatic rings. The second kappa shape index (κ2) is 13.0. The molecule has 2 aromatic carbocycles. The molecule has 0 bridgehead atoms. The van der Waals surface area contributed by atoms with Crippen LogP contribution in [0.4, 0.5) is 13.2 Å². The zero-order valence-electron chi connectivity index (χ0n) is 20.4. The molecule has 2 N–H and O–H groups in total. The van der Waals surface area contributed by atoms with E-state index in [2.05, 4.69) is 15.6 Å². The smallest absolute Gasteiger partial charge is 0.383 e. The molecule has 1 unspecified atom stereocenters. The highest BCUT2D eigenvalue weighted by atomic mass is 19.4. The SMILES string of the molecule is CCC(COC)NC(=O)c1nnn(-c2ccc(C(=O)NCC(F)(F)F)cc2)c1COCc1ccccc1. The van der Waals surface area contributed by atoms with Crippen molar-refractivity contribution in [3.8, 4) is 5.69 Å². The zero-order chi connectivity index (χ0) is 26.8. The summed E-state index contributed by atoms with van der Waals surface area (Å²) in [5, 5.41) is 12.8. The highest BCUT2D eigenvalue weighted by Gasteiger charge is 2.28. The monoisotopic (exact) mass is 519 g/mol. The Morgan fingerprint density at radius 3 is 2.35 bits per heavy atom. The lowest BCUT2D eigenvalue weighted by molar-refractivity contribution is -0.123. The van der Waals surface area contributed by atoms with Crippen molar-refractivity contribution < 1.29 is 32.2 Å². The number of carbonyl (C=O) groups is 2. The van der Waals surface area contributed by atoms with Gasteiger partial charge in [0.25, 0.3) is 11.8 Å². The summed E-state index contributed by atoms with van der Waals surface area (Å²) in [5.74, 6) is -1.31. The third-order valence-electron chi connectivity index (χ3n) is 5.35. The van der Waals surface area contributed by atoms with E-state index in [1.54, 1.807) is 7.11 Å². The third kappa shape index (κ3) is 8.12. The summed E-state index contributed by atoms with van der Waals surface area (Å²) in [4.78, 5) is 25.0. The van der Waals surface area contributed by atoms with E-state index in [4.69, 9.17) is 9.47 Å². The number of aromatic nitrogens is 3. The Hall–Kier alpha value is -3.77. The Labute approximate surface area is 212 Å². The van der Waals surface area contributed by atoms with Gasteiger partial charge >= 0.3 is 6.18 Å². The van der Waals surface area contributed by atoms with Crippen molar-refractivity contribution in [1.29, 1.82) is 0 Å². The quantitative estimate of drug-likeness (QED) is 0.380. The van der Waals surface area contributed by atoms with E-state index in [0.29, 0.717) is 24.4 Å². The largest absolute Gasteiger partial charge is 0.405 e. The maximum Gasteiger partial charge on any atom is 0.405 e. The normalized spacial score (nSPS) is 12.2. The van der Waals surface area contributed by atoms with Crippen LogP contribution in [0.5, 0.6) is 0 Å². The van der Waals surface area contributed by atoms with Crippen molar-refractivity contribution >= 4 is 11.8 Å². The van der Waals surface area contributed by atoms with Crippen molar-refractivity contribution in [2.75, 3.05) is 20.3 Å². The van der Waals surface area contributed by atoms with Crippen molar-refractivity contribution in [3.05, 3.63) is 77.1 Å². The van der Waals surface area contributed by atoms with Crippen LogP contribution in [0.15, 0.2) is 54.6 Å². The number of nitrogens with one attached hydrogen (secondary N) is 2. The van der Waals surface area contributed by atoms with Gasteiger partial charge in [-0.3, -0.25) is 9.59 Å². The number of carbonyl (C=O) groups excluding carboxylic acids is 2. The molecule has 0 aliphatic carbocycles. The topological polar surface area (TPSA) is 107 Å². The first-order valence-corrected chi connectivity index (χ1v) is 11.5. The van der Waals surface area contributed by atoms with Gasteiger partial charge in [-0.15, -0.1) is 5.10 Å². The standard InChI is InChI=1S/C25H28F3N5O4/c1-3-19(14-36-2)30-24(35)22-21(15-37-13-17-7-5-4-6-8-17)33(32-31-22)20-11-9-18(10-12-20)23(34)29-16-25(26,27)28/h4-12,19H,3,13-16H2,1-2H3,(H,29,34)(H,30,35). The fourth-order valence-electron chi connectivity index (χ4n) is 3.41. The first kappa shape index (κ1) is 27.8. The molecule has 0 fully saturated rings. The lowest BCUT2D eigenvalue weighted by Gasteiger charge is -2.15. The molecule has 0 spiro atoms. The van der Waals surface area contributed by atoms with Crippen LogP contribution in [-0.4, -0.2) is 59.3 Å². The van der Waals surface area contributed by atoms with Crippen LogP contribution in [0.25, 0.3) is 5.69 Å². The molecule has 0 saturated carbocycles. The Morgan fingerprint density at radius 2 is 1.73 bits per heavy atom. The molecule has 0 radical (unpaired) electrons. The Bertz CT molecular complexity index is 1170. The Morgan fingerprint density at radius 1 is 1.03 bits per heavy atom. The van der Waals surface area contributed by atoms with Gasteiger partial charge in [0.2, 0.25) is 0 Å². The van der Waals surface area contributed by atoms with Gasteiger partial charge < -0.3 is 20.1 Å². The maximum absolute atomic E-state index is 13.0. The summed E-state index contributed by atoms with van der Waals surface area (Å²) in [7, 11) is 1.54. The second-order valence-corrected chi connectivity index (χ2v) is 8.15. The number of ether oxygens (including phenoxy) is 2. The molecule has 12 heteroatoms. The minimum absolute atomic E-state index is 0.000459. The number of methoxy groups -OCH3 is 1. The van der Waals surface area contributed by atoms with Crippen LogP contribution in [0.1, 0.15) is 45.4 Å². The average molecular weight is 520 g/mol. The van der Waals surface area contributed by atoms with Crippen LogP contribution < -0.4 is 10.6 Å². The predicted octanol–water partition coefficient (Wildman–Crippen LogP) is 3.43. The number of rotatable bonds is 12. The highest BCUT2D eigenvalue weighted by Crippen LogP contribution is 2.18. The summed E-state index contributed by atoms with van der Waals surface area (Å²) in [6.45, 7) is 1.09. The van der Waals surface area contributed by atoms with Crippen LogP contribution >= 0.6 is 0 Å². The molecule has 3 aromatic rings. The average Bonchev–Trinajstić information content (AvgIpc) is 3.31. The van der Waals surface area contributed by atoms with Gasteiger partial charge in [0, 0.05) is 12.7 Å². The molecule has 0 saturated heterocycles. The van der Waals surface area contributed by atoms with E-state index in [9.17, 15) is 22.8 Å². The lowest BCUT2D eigenvalue weighted by Crippen LogP contribution is -2.38. The summed E-state index contributed by atoms with van der Waals surface area (Å²) in [5.41, 5.74) is 1.86. The van der Waals surface area contributed by atoms with Crippen LogP contribution in [-0.2, 0) is 22.7 Å².